The van der Waals surface area contributed by atoms with Crippen molar-refractivity contribution in [3.05, 3.63) is 41.3 Å². The minimum absolute atomic E-state index is 0.0177. The highest BCUT2D eigenvalue weighted by atomic mass is 35.5. The Labute approximate surface area is 170 Å². The van der Waals surface area contributed by atoms with Crippen molar-refractivity contribution in [3.63, 3.8) is 0 Å². The van der Waals surface area contributed by atoms with Crippen molar-refractivity contribution >= 4 is 45.0 Å². The van der Waals surface area contributed by atoms with Gasteiger partial charge in [-0.3, -0.25) is 4.79 Å². The number of carbonyl (C=O) groups excluding carboxylic acids is 1. The zero-order valence-electron chi connectivity index (χ0n) is 14.7. The molecule has 0 amide bonds. The summed E-state index contributed by atoms with van der Waals surface area (Å²) in [6, 6.07) is 1.55. The molecule has 3 N–H and O–H groups in total. The number of hydrogen-bond donors (Lipinski definition) is 2. The van der Waals surface area contributed by atoms with Crippen molar-refractivity contribution in [2.75, 3.05) is 0 Å². The molecule has 0 fully saturated rings. The quantitative estimate of drug-likeness (QED) is 0.391. The van der Waals surface area contributed by atoms with E-state index in [1.165, 1.54) is 29.1 Å². The monoisotopic (exact) mass is 446 g/mol. The van der Waals surface area contributed by atoms with Crippen LogP contribution in [0.25, 0.3) is 5.78 Å². The summed E-state index contributed by atoms with van der Waals surface area (Å²) in [5, 5.41) is 3.24. The molecule has 0 saturated carbocycles. The van der Waals surface area contributed by atoms with Crippen LogP contribution in [0, 0.1) is 5.92 Å². The molecule has 2 unspecified atom stereocenters. The number of fused-ring (bicyclic) bond motifs is 1. The average Bonchev–Trinajstić information content (AvgIpc) is 3.04. The SMILES string of the molecule is CC(C)OC(=O)C1C=CC(Cl)=C(N)C1(Cl)NS(=O)(=O)c1nc2ncccn2n1. The van der Waals surface area contributed by atoms with Crippen LogP contribution in [0.1, 0.15) is 13.8 Å². The van der Waals surface area contributed by atoms with Gasteiger partial charge >= 0.3 is 5.97 Å². The lowest BCUT2D eigenvalue weighted by Crippen LogP contribution is -2.56. The number of nitrogens with one attached hydrogen (secondary N) is 1. The summed E-state index contributed by atoms with van der Waals surface area (Å²) in [4.78, 5) is 18.1. The normalized spacial score (nSPS) is 22.8. The first-order valence-corrected chi connectivity index (χ1v) is 10.2. The molecule has 1 aliphatic rings. The summed E-state index contributed by atoms with van der Waals surface area (Å²) in [5.41, 5.74) is 5.69. The van der Waals surface area contributed by atoms with E-state index in [0.717, 1.165) is 0 Å². The third-order valence-electron chi connectivity index (χ3n) is 3.74. The highest BCUT2D eigenvalue weighted by Crippen LogP contribution is 2.38. The molecule has 0 aromatic carbocycles. The molecule has 0 radical (unpaired) electrons. The van der Waals surface area contributed by atoms with Gasteiger partial charge in [0.2, 0.25) is 0 Å². The Balaban J connectivity index is 2.01. The number of nitrogens with two attached hydrogens (primary N) is 1. The van der Waals surface area contributed by atoms with E-state index in [2.05, 4.69) is 19.8 Å². The minimum atomic E-state index is -4.41. The first kappa shape index (κ1) is 20.5. The fourth-order valence-corrected chi connectivity index (χ4v) is 4.43. The van der Waals surface area contributed by atoms with Gasteiger partial charge in [0, 0.05) is 12.4 Å². The van der Waals surface area contributed by atoms with Crippen LogP contribution in [-0.2, 0) is 19.6 Å². The summed E-state index contributed by atoms with van der Waals surface area (Å²) in [7, 11) is -4.41. The lowest BCUT2D eigenvalue weighted by Gasteiger charge is -2.35. The molecule has 0 saturated heterocycles. The zero-order chi connectivity index (χ0) is 20.7. The highest BCUT2D eigenvalue weighted by Gasteiger charge is 2.50. The second-order valence-electron chi connectivity index (χ2n) is 6.16. The molecule has 2 aromatic heterocycles. The van der Waals surface area contributed by atoms with Crippen molar-refractivity contribution < 1.29 is 17.9 Å². The number of carbonyl (C=O) groups is 1. The number of allylic oxidation sites excluding steroid dienone is 2. The second-order valence-corrected chi connectivity index (χ2v) is 8.74. The Morgan fingerprint density at radius 3 is 2.82 bits per heavy atom. The Hall–Kier alpha value is -2.21. The van der Waals surface area contributed by atoms with Gasteiger partial charge in [0.15, 0.2) is 5.00 Å². The van der Waals surface area contributed by atoms with Gasteiger partial charge in [0.1, 0.15) is 5.92 Å². The maximum Gasteiger partial charge on any atom is 0.316 e. The number of sulfonamides is 1. The molecule has 0 spiro atoms. The molecule has 2 aromatic rings. The van der Waals surface area contributed by atoms with E-state index in [4.69, 9.17) is 33.7 Å². The summed E-state index contributed by atoms with van der Waals surface area (Å²) in [6.45, 7) is 3.29. The number of halogens is 2. The van der Waals surface area contributed by atoms with E-state index in [1.54, 1.807) is 19.9 Å². The van der Waals surface area contributed by atoms with E-state index < -0.39 is 38.2 Å². The smallest absolute Gasteiger partial charge is 0.316 e. The van der Waals surface area contributed by atoms with Crippen LogP contribution in [0.4, 0.5) is 0 Å². The average molecular weight is 447 g/mol. The standard InChI is InChI=1S/C15H16Cl2N6O4S/c1-8(2)27-12(24)9-4-5-10(16)11(18)15(9,17)22-28(25,26)14-20-13-19-6-3-7-23(13)21-14/h3-9,22H,18H2,1-2H3. The molecular weight excluding hydrogens is 431 g/mol. The minimum Gasteiger partial charge on any atom is -0.462 e. The number of ether oxygens (including phenoxy) is 1. The van der Waals surface area contributed by atoms with E-state index in [9.17, 15) is 13.2 Å². The predicted octanol–water partition coefficient (Wildman–Crippen LogP) is 0.884. The van der Waals surface area contributed by atoms with Gasteiger partial charge in [-0.15, -0.1) is 5.10 Å². The number of alkyl halides is 1. The van der Waals surface area contributed by atoms with E-state index in [-0.39, 0.29) is 16.5 Å². The van der Waals surface area contributed by atoms with Crippen molar-refractivity contribution in [2.24, 2.45) is 11.7 Å². The van der Waals surface area contributed by atoms with Crippen molar-refractivity contribution in [1.82, 2.24) is 24.3 Å². The molecule has 28 heavy (non-hydrogen) atoms. The molecule has 2 atom stereocenters. The number of esters is 1. The lowest BCUT2D eigenvalue weighted by atomic mass is 9.92. The Morgan fingerprint density at radius 2 is 2.18 bits per heavy atom. The van der Waals surface area contributed by atoms with E-state index in [1.807, 2.05) is 0 Å². The predicted molar refractivity (Wildman–Crippen MR) is 101 cm³/mol. The Kier molecular flexibility index (Phi) is 5.36. The van der Waals surface area contributed by atoms with Crippen LogP contribution in [0.3, 0.4) is 0 Å². The third-order valence-corrected chi connectivity index (χ3v) is 5.96. The van der Waals surface area contributed by atoms with E-state index in [0.29, 0.717) is 0 Å². The highest BCUT2D eigenvalue weighted by molar-refractivity contribution is 7.89. The van der Waals surface area contributed by atoms with Crippen LogP contribution < -0.4 is 10.5 Å². The van der Waals surface area contributed by atoms with Gasteiger partial charge in [-0.05, 0) is 26.0 Å². The molecule has 1 aliphatic carbocycles. The van der Waals surface area contributed by atoms with Crippen molar-refractivity contribution in [3.8, 4) is 0 Å². The van der Waals surface area contributed by atoms with Crippen LogP contribution in [-0.4, -0.2) is 45.1 Å². The molecule has 0 bridgehead atoms. The van der Waals surface area contributed by atoms with E-state index >= 15 is 0 Å². The molecule has 2 heterocycles. The van der Waals surface area contributed by atoms with Crippen LogP contribution in [0.2, 0.25) is 0 Å². The second kappa shape index (κ2) is 7.32. The number of rotatable bonds is 5. The number of aromatic nitrogens is 4. The fraction of sp³-hybridized carbons (Fsp3) is 0.333. The van der Waals surface area contributed by atoms with Gasteiger partial charge < -0.3 is 10.5 Å². The molecular formula is C15H16Cl2N6O4S. The van der Waals surface area contributed by atoms with Gasteiger partial charge in [0.05, 0.1) is 16.8 Å². The molecule has 150 valence electrons. The van der Waals surface area contributed by atoms with Gasteiger partial charge in [-0.2, -0.15) is 9.71 Å². The fourth-order valence-electron chi connectivity index (χ4n) is 2.48. The molecule has 10 nitrogen and oxygen atoms in total. The van der Waals surface area contributed by atoms with Crippen LogP contribution in [0.15, 0.2) is 46.5 Å². The van der Waals surface area contributed by atoms with Crippen molar-refractivity contribution in [1.29, 1.82) is 0 Å². The summed E-state index contributed by atoms with van der Waals surface area (Å²) >= 11 is 12.5. The topological polar surface area (TPSA) is 142 Å². The summed E-state index contributed by atoms with van der Waals surface area (Å²) in [6.07, 6.45) is 5.12. The van der Waals surface area contributed by atoms with Crippen LogP contribution in [0.5, 0.6) is 0 Å². The zero-order valence-corrected chi connectivity index (χ0v) is 17.0. The maximum absolute atomic E-state index is 12.9. The summed E-state index contributed by atoms with van der Waals surface area (Å²) < 4.78 is 34.2. The Morgan fingerprint density at radius 1 is 1.46 bits per heavy atom. The lowest BCUT2D eigenvalue weighted by molar-refractivity contribution is -0.151. The van der Waals surface area contributed by atoms with Gasteiger partial charge in [0.25, 0.3) is 21.0 Å². The molecule has 3 rings (SSSR count). The maximum atomic E-state index is 12.9. The largest absolute Gasteiger partial charge is 0.462 e. The van der Waals surface area contributed by atoms with Crippen LogP contribution >= 0.6 is 23.2 Å². The third kappa shape index (κ3) is 3.70. The molecule has 0 aliphatic heterocycles. The number of hydrogen-bond acceptors (Lipinski definition) is 8. The summed E-state index contributed by atoms with van der Waals surface area (Å²) in [5.74, 6) is -1.99. The first-order chi connectivity index (χ1) is 13.0. The van der Waals surface area contributed by atoms with Gasteiger partial charge in [-0.1, -0.05) is 29.3 Å². The van der Waals surface area contributed by atoms with Crippen molar-refractivity contribution in [2.45, 2.75) is 30.1 Å². The number of nitrogens with zero attached hydrogens (tertiary/aromatic N) is 4. The Bertz CT molecular complexity index is 1060. The van der Waals surface area contributed by atoms with Gasteiger partial charge in [-0.25, -0.2) is 17.9 Å². The molecule has 13 heteroatoms. The first-order valence-electron chi connectivity index (χ1n) is 7.99.